The van der Waals surface area contributed by atoms with Gasteiger partial charge in [-0.25, -0.2) is 4.98 Å². The van der Waals surface area contributed by atoms with E-state index in [1.807, 2.05) is 32.6 Å². The van der Waals surface area contributed by atoms with Crippen LogP contribution in [0.1, 0.15) is 27.7 Å². The first-order chi connectivity index (χ1) is 13.0. The molecule has 0 spiro atoms. The quantitative estimate of drug-likeness (QED) is 0.564. The second-order valence-electron chi connectivity index (χ2n) is 6.52. The fraction of sp³-hybridized carbons (Fsp3) is 0.368. The monoisotopic (exact) mass is 386 g/mol. The highest BCUT2D eigenvalue weighted by molar-refractivity contribution is 7.99. The van der Waals surface area contributed by atoms with Gasteiger partial charge in [-0.3, -0.25) is 4.79 Å². The Labute approximate surface area is 162 Å². The summed E-state index contributed by atoms with van der Waals surface area (Å²) in [5.74, 6) is 1.41. The Morgan fingerprint density at radius 2 is 1.59 bits per heavy atom. The third-order valence-electron chi connectivity index (χ3n) is 3.90. The fourth-order valence-electron chi connectivity index (χ4n) is 2.91. The summed E-state index contributed by atoms with van der Waals surface area (Å²) in [6, 6.07) is 7.42. The first kappa shape index (κ1) is 19.2. The normalized spacial score (nSPS) is 11.3. The average molecular weight is 386 g/mol. The van der Waals surface area contributed by atoms with Gasteiger partial charge >= 0.3 is 0 Å². The lowest BCUT2D eigenvalue weighted by molar-refractivity contribution is -0.131. The largest absolute Gasteiger partial charge is 0.463 e. The number of carbonyl (C=O) groups is 1. The third-order valence-corrected chi connectivity index (χ3v) is 4.72. The van der Waals surface area contributed by atoms with Crippen LogP contribution in [0.3, 0.4) is 0 Å². The van der Waals surface area contributed by atoms with E-state index in [-0.39, 0.29) is 23.7 Å². The topological polar surface area (TPSA) is 85.3 Å². The second-order valence-corrected chi connectivity index (χ2v) is 7.47. The zero-order chi connectivity index (χ0) is 19.4. The maximum absolute atomic E-state index is 12.6. The summed E-state index contributed by atoms with van der Waals surface area (Å²) in [6.07, 6.45) is 3.14. The summed E-state index contributed by atoms with van der Waals surface area (Å²) >= 11 is 1.26. The van der Waals surface area contributed by atoms with Gasteiger partial charge in [0.2, 0.25) is 11.1 Å². The van der Waals surface area contributed by atoms with Crippen molar-refractivity contribution in [1.29, 1.82) is 0 Å². The van der Waals surface area contributed by atoms with Crippen molar-refractivity contribution in [2.24, 2.45) is 0 Å². The molecule has 0 aromatic carbocycles. The summed E-state index contributed by atoms with van der Waals surface area (Å²) < 4.78 is 10.9. The van der Waals surface area contributed by atoms with Crippen LogP contribution in [0.15, 0.2) is 50.8 Å². The molecule has 142 valence electrons. The molecule has 3 aromatic rings. The predicted molar refractivity (Wildman–Crippen MR) is 103 cm³/mol. The highest BCUT2D eigenvalue weighted by atomic mass is 32.2. The van der Waals surface area contributed by atoms with E-state index in [1.54, 1.807) is 36.8 Å². The van der Waals surface area contributed by atoms with Crippen molar-refractivity contribution >= 4 is 17.7 Å². The Morgan fingerprint density at radius 3 is 2.11 bits per heavy atom. The molecule has 0 unspecified atom stereocenters. The van der Waals surface area contributed by atoms with Gasteiger partial charge in [0, 0.05) is 12.1 Å². The maximum Gasteiger partial charge on any atom is 0.233 e. The number of amides is 1. The van der Waals surface area contributed by atoms with E-state index < -0.39 is 0 Å². The van der Waals surface area contributed by atoms with Gasteiger partial charge in [0.25, 0.3) is 0 Å². The number of thioether (sulfide) groups is 1. The zero-order valence-corrected chi connectivity index (χ0v) is 16.6. The van der Waals surface area contributed by atoms with Gasteiger partial charge in [-0.2, -0.15) is 0 Å². The first-order valence-corrected chi connectivity index (χ1v) is 9.72. The molecule has 0 bridgehead atoms. The molecule has 0 aliphatic heterocycles. The number of carbonyl (C=O) groups excluding carboxylic acids is 1. The van der Waals surface area contributed by atoms with Gasteiger partial charge < -0.3 is 13.7 Å². The molecule has 0 N–H and O–H groups in total. The maximum atomic E-state index is 12.6. The van der Waals surface area contributed by atoms with E-state index >= 15 is 0 Å². The number of rotatable bonds is 7. The molecule has 0 atom stereocenters. The molecule has 0 saturated heterocycles. The van der Waals surface area contributed by atoms with Crippen molar-refractivity contribution in [1.82, 2.24) is 20.1 Å². The molecule has 3 heterocycles. The molecule has 3 aromatic heterocycles. The minimum Gasteiger partial charge on any atom is -0.463 e. The Hall–Kier alpha value is -2.61. The number of nitrogens with zero attached hydrogens (tertiary/aromatic N) is 4. The number of hydrogen-bond acceptors (Lipinski definition) is 7. The molecule has 0 aliphatic rings. The smallest absolute Gasteiger partial charge is 0.233 e. The lowest BCUT2D eigenvalue weighted by Crippen LogP contribution is -2.43. The van der Waals surface area contributed by atoms with Crippen LogP contribution in [-0.2, 0) is 4.79 Å². The van der Waals surface area contributed by atoms with Gasteiger partial charge in [0.1, 0.15) is 5.69 Å². The molecular weight excluding hydrogens is 364 g/mol. The Balaban J connectivity index is 1.83. The predicted octanol–water partition coefficient (Wildman–Crippen LogP) is 4.13. The molecular formula is C19H22N4O3S. The number of furan rings is 2. The van der Waals surface area contributed by atoms with Crippen LogP contribution >= 0.6 is 11.8 Å². The molecule has 27 heavy (non-hydrogen) atoms. The molecule has 7 nitrogen and oxygen atoms in total. The van der Waals surface area contributed by atoms with E-state index in [4.69, 9.17) is 8.83 Å². The molecule has 3 rings (SSSR count). The van der Waals surface area contributed by atoms with Crippen molar-refractivity contribution in [3.63, 3.8) is 0 Å². The van der Waals surface area contributed by atoms with Crippen molar-refractivity contribution in [2.45, 2.75) is 44.9 Å². The van der Waals surface area contributed by atoms with Crippen LogP contribution < -0.4 is 0 Å². The highest BCUT2D eigenvalue weighted by Gasteiger charge is 2.22. The van der Waals surface area contributed by atoms with Crippen molar-refractivity contribution < 1.29 is 13.6 Å². The van der Waals surface area contributed by atoms with Crippen molar-refractivity contribution in [3.8, 4) is 22.9 Å². The lowest BCUT2D eigenvalue weighted by atomic mass is 10.2. The second kappa shape index (κ2) is 8.39. The average Bonchev–Trinajstić information content (AvgIpc) is 3.32. The summed E-state index contributed by atoms with van der Waals surface area (Å²) in [7, 11) is 0. The van der Waals surface area contributed by atoms with Gasteiger partial charge in [-0.05, 0) is 52.0 Å². The van der Waals surface area contributed by atoms with Crippen molar-refractivity contribution in [2.75, 3.05) is 5.75 Å². The Morgan fingerprint density at radius 1 is 1.00 bits per heavy atom. The van der Waals surface area contributed by atoms with E-state index in [9.17, 15) is 4.79 Å². The Bertz CT molecular complexity index is 869. The zero-order valence-electron chi connectivity index (χ0n) is 15.7. The molecule has 0 saturated carbocycles. The number of hydrogen-bond donors (Lipinski definition) is 0. The summed E-state index contributed by atoms with van der Waals surface area (Å²) in [6.45, 7) is 8.03. The highest BCUT2D eigenvalue weighted by Crippen LogP contribution is 2.30. The van der Waals surface area contributed by atoms with Crippen LogP contribution in [0.5, 0.6) is 0 Å². The third kappa shape index (κ3) is 4.39. The van der Waals surface area contributed by atoms with Crippen LogP contribution in [0, 0.1) is 0 Å². The standard InChI is InChI=1S/C19H22N4O3S/c1-12(2)23(13(3)4)16(24)11-27-19-20-17(14-7-5-9-25-14)18(21-22-19)15-8-6-10-26-15/h5-10,12-13H,11H2,1-4H3. The van der Waals surface area contributed by atoms with E-state index in [1.165, 1.54) is 11.8 Å². The van der Waals surface area contributed by atoms with Crippen LogP contribution in [-0.4, -0.2) is 43.8 Å². The molecule has 0 fully saturated rings. The van der Waals surface area contributed by atoms with E-state index in [0.29, 0.717) is 28.1 Å². The first-order valence-electron chi connectivity index (χ1n) is 8.73. The van der Waals surface area contributed by atoms with E-state index in [2.05, 4.69) is 15.2 Å². The van der Waals surface area contributed by atoms with Gasteiger partial charge in [0.15, 0.2) is 17.2 Å². The summed E-state index contributed by atoms with van der Waals surface area (Å²) in [4.78, 5) is 19.0. The molecule has 1 amide bonds. The molecule has 0 aliphatic carbocycles. The van der Waals surface area contributed by atoms with E-state index in [0.717, 1.165) is 0 Å². The van der Waals surface area contributed by atoms with Gasteiger partial charge in [-0.15, -0.1) is 10.2 Å². The molecule has 0 radical (unpaired) electrons. The lowest BCUT2D eigenvalue weighted by Gasteiger charge is -2.30. The van der Waals surface area contributed by atoms with Crippen molar-refractivity contribution in [3.05, 3.63) is 36.8 Å². The minimum atomic E-state index is 0.0447. The Kier molecular flexibility index (Phi) is 5.95. The molecule has 8 heteroatoms. The van der Waals surface area contributed by atoms with Gasteiger partial charge in [-0.1, -0.05) is 11.8 Å². The SMILES string of the molecule is CC(C)N(C(=O)CSc1nnc(-c2ccco2)c(-c2ccco2)n1)C(C)C. The minimum absolute atomic E-state index is 0.0447. The summed E-state index contributed by atoms with van der Waals surface area (Å²) in [5, 5.41) is 8.83. The summed E-state index contributed by atoms with van der Waals surface area (Å²) in [5.41, 5.74) is 1.03. The van der Waals surface area contributed by atoms with Crippen LogP contribution in [0.4, 0.5) is 0 Å². The van der Waals surface area contributed by atoms with Gasteiger partial charge in [0.05, 0.1) is 18.3 Å². The van der Waals surface area contributed by atoms with Crippen LogP contribution in [0.25, 0.3) is 22.9 Å². The van der Waals surface area contributed by atoms with Crippen LogP contribution in [0.2, 0.25) is 0 Å². The number of aromatic nitrogens is 3. The fourth-order valence-corrected chi connectivity index (χ4v) is 3.57.